The summed E-state index contributed by atoms with van der Waals surface area (Å²) in [5, 5.41) is 10.4. The number of nitrogens with one attached hydrogen (secondary N) is 2. The van der Waals surface area contributed by atoms with Crippen LogP contribution >= 0.6 is 0 Å². The summed E-state index contributed by atoms with van der Waals surface area (Å²) < 4.78 is 25.5. The van der Waals surface area contributed by atoms with E-state index < -0.39 is 15.8 Å². The van der Waals surface area contributed by atoms with Crippen molar-refractivity contribution >= 4 is 44.6 Å². The van der Waals surface area contributed by atoms with Crippen LogP contribution in [-0.4, -0.2) is 94.9 Å². The fraction of sp³-hybridized carbons (Fsp3) is 0.472. The smallest absolute Gasteiger partial charge is 0.263 e. The van der Waals surface area contributed by atoms with Crippen LogP contribution in [0, 0.1) is 0 Å². The lowest BCUT2D eigenvalue weighted by Gasteiger charge is -2.34. The number of aliphatic hydroxyl groups excluding tert-OH is 1. The van der Waals surface area contributed by atoms with Gasteiger partial charge in [-0.15, -0.1) is 0 Å². The van der Waals surface area contributed by atoms with E-state index in [2.05, 4.69) is 30.8 Å². The first-order valence-corrected chi connectivity index (χ1v) is 18.5. The molecule has 2 amide bonds. The lowest BCUT2D eigenvalue weighted by atomic mass is 9.81. The van der Waals surface area contributed by atoms with E-state index in [0.717, 1.165) is 46.3 Å². The molecule has 3 heterocycles. The summed E-state index contributed by atoms with van der Waals surface area (Å²) in [6, 6.07) is 11.7. The van der Waals surface area contributed by atoms with Gasteiger partial charge in [-0.05, 0) is 79.2 Å². The zero-order chi connectivity index (χ0) is 33.7. The van der Waals surface area contributed by atoms with Gasteiger partial charge in [-0.3, -0.25) is 19.2 Å². The fourth-order valence-corrected chi connectivity index (χ4v) is 7.61. The Morgan fingerprint density at radius 2 is 1.77 bits per heavy atom. The molecule has 0 radical (unpaired) electrons. The van der Waals surface area contributed by atoms with Crippen molar-refractivity contribution in [2.75, 3.05) is 53.5 Å². The molecule has 3 aromatic rings. The topological polar surface area (TPSA) is 116 Å². The molecule has 0 spiro atoms. The number of ether oxygens (including phenoxy) is 1. The van der Waals surface area contributed by atoms with Gasteiger partial charge in [0, 0.05) is 60.3 Å². The molecule has 47 heavy (non-hydrogen) atoms. The molecule has 3 aliphatic rings. The van der Waals surface area contributed by atoms with Crippen LogP contribution in [0.15, 0.2) is 42.0 Å². The predicted octanol–water partition coefficient (Wildman–Crippen LogP) is 4.42. The van der Waals surface area contributed by atoms with Crippen molar-refractivity contribution in [2.45, 2.75) is 58.4 Å². The molecule has 10 nitrogen and oxygen atoms in total. The van der Waals surface area contributed by atoms with Crippen LogP contribution in [0.1, 0.15) is 73.4 Å². The van der Waals surface area contributed by atoms with Crippen LogP contribution in [0.25, 0.3) is 28.2 Å². The number of β-amino-alcohol motifs (C(OH)–C–C–N with tert-alkyl or cyclic N) is 1. The number of piperazine rings is 1. The quantitative estimate of drug-likeness (QED) is 0.308. The molecule has 2 aliphatic heterocycles. The zero-order valence-corrected chi connectivity index (χ0v) is 29.0. The number of nitrogens with zero attached hydrogens (tertiary/aromatic N) is 3. The highest BCUT2D eigenvalue weighted by Crippen LogP contribution is 2.47. The molecule has 0 bridgehead atoms. The number of rotatable bonds is 8. The summed E-state index contributed by atoms with van der Waals surface area (Å²) in [4.78, 5) is 31.5. The molecule has 1 unspecified atom stereocenters. The first kappa shape index (κ1) is 34.7. The molecule has 1 saturated heterocycles. The summed E-state index contributed by atoms with van der Waals surface area (Å²) in [5.41, 5.74) is 6.21. The second-order valence-electron chi connectivity index (χ2n) is 12.2. The monoisotopic (exact) mass is 663 g/mol. The van der Waals surface area contributed by atoms with E-state index in [4.69, 9.17) is 4.74 Å². The Morgan fingerprint density at radius 1 is 1.04 bits per heavy atom. The summed E-state index contributed by atoms with van der Waals surface area (Å²) >= 11 is 0. The third-order valence-electron chi connectivity index (χ3n) is 9.49. The Labute approximate surface area is 279 Å². The Balaban J connectivity index is 0.00000213. The van der Waals surface area contributed by atoms with Crippen molar-refractivity contribution in [3.63, 3.8) is 0 Å². The van der Waals surface area contributed by atoms with Gasteiger partial charge < -0.3 is 19.3 Å². The Morgan fingerprint density at radius 3 is 2.43 bits per heavy atom. The molecule has 2 fully saturated rings. The van der Waals surface area contributed by atoms with E-state index in [9.17, 15) is 18.9 Å². The van der Waals surface area contributed by atoms with Gasteiger partial charge in [0.1, 0.15) is 15.6 Å². The van der Waals surface area contributed by atoms with Crippen molar-refractivity contribution in [2.24, 2.45) is 0 Å². The minimum absolute atomic E-state index is 0.0129. The number of benzene rings is 2. The number of hydrogen-bond donors (Lipinski definition) is 3. The molecular formula is C36H49N5O5S. The van der Waals surface area contributed by atoms with Gasteiger partial charge in [-0.25, -0.2) is 8.93 Å². The second kappa shape index (κ2) is 15.1. The average molecular weight is 664 g/mol. The Kier molecular flexibility index (Phi) is 11.1. The van der Waals surface area contributed by atoms with Gasteiger partial charge in [0.2, 0.25) is 0 Å². The minimum Gasteiger partial charge on any atom is -0.497 e. The van der Waals surface area contributed by atoms with Gasteiger partial charge in [-0.1, -0.05) is 39.2 Å². The number of carbonyl (C=O) groups is 2. The van der Waals surface area contributed by atoms with Crippen molar-refractivity contribution < 1.29 is 23.6 Å². The highest BCUT2D eigenvalue weighted by Gasteiger charge is 2.32. The number of hydrogen-bond acceptors (Lipinski definition) is 6. The number of fused-ring (bicyclic) bond motifs is 5. The second-order valence-corrected chi connectivity index (χ2v) is 14.2. The minimum atomic E-state index is -2.99. The van der Waals surface area contributed by atoms with E-state index >= 15 is 0 Å². The zero-order valence-electron chi connectivity index (χ0n) is 28.1. The maximum atomic E-state index is 14.2. The van der Waals surface area contributed by atoms with Crippen molar-refractivity contribution in [3.8, 4) is 17.0 Å². The van der Waals surface area contributed by atoms with E-state index in [1.54, 1.807) is 13.2 Å². The molecule has 1 aliphatic carbocycles. The third-order valence-corrected chi connectivity index (χ3v) is 10.7. The summed E-state index contributed by atoms with van der Waals surface area (Å²) in [7, 11) is 0.153. The normalized spacial score (nSPS) is 18.1. The van der Waals surface area contributed by atoms with E-state index in [0.29, 0.717) is 56.3 Å². The number of aliphatic hydroxyl groups is 1. The highest BCUT2D eigenvalue weighted by atomic mass is 32.2. The van der Waals surface area contributed by atoms with Crippen LogP contribution in [0.5, 0.6) is 5.75 Å². The van der Waals surface area contributed by atoms with Crippen molar-refractivity contribution in [1.82, 2.24) is 23.8 Å². The number of amides is 2. The third kappa shape index (κ3) is 7.28. The van der Waals surface area contributed by atoms with Crippen LogP contribution in [0.2, 0.25) is 0 Å². The summed E-state index contributed by atoms with van der Waals surface area (Å²) in [6.45, 7) is 7.67. The maximum Gasteiger partial charge on any atom is 0.263 e. The molecule has 1 atom stereocenters. The van der Waals surface area contributed by atoms with Crippen molar-refractivity contribution in [1.29, 1.82) is 0 Å². The lowest BCUT2D eigenvalue weighted by Crippen LogP contribution is -2.49. The van der Waals surface area contributed by atoms with E-state index in [1.165, 1.54) is 31.9 Å². The van der Waals surface area contributed by atoms with Gasteiger partial charge in [-0.2, -0.15) is 0 Å². The van der Waals surface area contributed by atoms with E-state index in [1.807, 2.05) is 49.1 Å². The predicted molar refractivity (Wildman–Crippen MR) is 191 cm³/mol. The molecule has 254 valence electrons. The lowest BCUT2D eigenvalue weighted by molar-refractivity contribution is -0.129. The van der Waals surface area contributed by atoms with Crippen molar-refractivity contribution in [3.05, 3.63) is 58.7 Å². The van der Waals surface area contributed by atoms with Crippen LogP contribution in [0.3, 0.4) is 0 Å². The van der Waals surface area contributed by atoms with Gasteiger partial charge in [0.15, 0.2) is 0 Å². The summed E-state index contributed by atoms with van der Waals surface area (Å²) in [5.74, 6) is 4.18. The number of aromatic nitrogens is 1. The first-order valence-electron chi connectivity index (χ1n) is 16.8. The molecule has 6 rings (SSSR count). The summed E-state index contributed by atoms with van der Waals surface area (Å²) in [6.07, 6.45) is 7.73. The largest absolute Gasteiger partial charge is 0.497 e. The molecule has 2 aromatic carbocycles. The molecule has 1 saturated carbocycles. The Hall–Kier alpha value is -3.64. The number of methoxy groups -OCH3 is 1. The van der Waals surface area contributed by atoms with Gasteiger partial charge >= 0.3 is 0 Å². The standard InChI is InChI=1S/C34H43N5O5S.C2H6/c1-35-45(3,43)36-33(41)24-9-11-29-30(21-24)39-22-26(34(42)38-15-13-37(14-16-38)17-18-40)19-25-20-27(44-2)10-12-28(25)32(39)31(29)23-7-5-4-6-8-23;1-2/h9-12,19-21,23,40H,3-8,13-18,22H2,1-2H3,(H2,35,36,41,43);1-2H3. The van der Waals surface area contributed by atoms with Crippen LogP contribution < -0.4 is 14.2 Å². The SMILES string of the molecule is C=S(=O)(NC)NC(=O)c1ccc2c(C3CCCCC3)c3n(c2c1)CC(C(=O)N1CCN(CCO)CC1)=Cc1cc(OC)ccc1-3.CC. The Bertz CT molecular complexity index is 1750. The van der Waals surface area contributed by atoms with Gasteiger partial charge in [0.25, 0.3) is 11.8 Å². The first-order chi connectivity index (χ1) is 22.7. The highest BCUT2D eigenvalue weighted by molar-refractivity contribution is 7.97. The molecule has 3 N–H and O–H groups in total. The van der Waals surface area contributed by atoms with Gasteiger partial charge in [0.05, 0.1) is 26.0 Å². The van der Waals surface area contributed by atoms with Crippen LogP contribution in [0.4, 0.5) is 0 Å². The van der Waals surface area contributed by atoms with Crippen LogP contribution in [-0.2, 0) is 21.2 Å². The molecule has 1 aromatic heterocycles. The maximum absolute atomic E-state index is 14.2. The molecular weight excluding hydrogens is 614 g/mol. The van der Waals surface area contributed by atoms with E-state index in [-0.39, 0.29) is 12.5 Å². The molecule has 11 heteroatoms. The average Bonchev–Trinajstić information content (AvgIpc) is 3.31. The fourth-order valence-electron chi connectivity index (χ4n) is 7.09. The number of carbonyl (C=O) groups excluding carboxylic acids is 2.